The van der Waals surface area contributed by atoms with Gasteiger partial charge in [-0.15, -0.1) is 0 Å². The molecule has 2 heterocycles. The summed E-state index contributed by atoms with van der Waals surface area (Å²) in [5, 5.41) is 26.7. The van der Waals surface area contributed by atoms with E-state index in [9.17, 15) is 10.1 Å². The van der Waals surface area contributed by atoms with E-state index in [2.05, 4.69) is 24.1 Å². The molecule has 0 radical (unpaired) electrons. The Bertz CT molecular complexity index is 657. The highest BCUT2D eigenvalue weighted by Crippen LogP contribution is 2.27. The van der Waals surface area contributed by atoms with Crippen LogP contribution in [0.4, 0.5) is 5.88 Å². The summed E-state index contributed by atoms with van der Waals surface area (Å²) in [6.45, 7) is 4.92. The highest BCUT2D eigenvalue weighted by molar-refractivity contribution is 5.87. The average Bonchev–Trinajstić information content (AvgIpc) is 3.03. The number of rotatable bonds is 6. The molecule has 0 amide bonds. The lowest BCUT2D eigenvalue weighted by molar-refractivity contribution is -0.401. The minimum atomic E-state index is -0.612. The number of aromatic nitrogens is 2. The quantitative estimate of drug-likeness (QED) is 0.381. The van der Waals surface area contributed by atoms with Crippen molar-refractivity contribution in [3.63, 3.8) is 0 Å². The molecule has 0 unspecified atom stereocenters. The number of furan rings is 1. The Morgan fingerprint density at radius 3 is 2.90 bits per heavy atom. The van der Waals surface area contributed by atoms with Gasteiger partial charge in [0.1, 0.15) is 10.6 Å². The van der Waals surface area contributed by atoms with Crippen LogP contribution in [0, 0.1) is 16.0 Å². The van der Waals surface area contributed by atoms with Crippen molar-refractivity contribution >= 4 is 12.1 Å². The molecule has 0 spiro atoms. The minimum absolute atomic E-state index is 0.264. The summed E-state index contributed by atoms with van der Waals surface area (Å²) in [5.74, 6) is 0.436. The smallest absolute Gasteiger partial charge is 0.411 e. The highest BCUT2D eigenvalue weighted by Gasteiger charge is 2.18. The third-order valence-corrected chi connectivity index (χ3v) is 2.93. The van der Waals surface area contributed by atoms with Crippen molar-refractivity contribution in [2.24, 2.45) is 11.1 Å². The van der Waals surface area contributed by atoms with Gasteiger partial charge in [-0.25, -0.2) is 0 Å². The predicted molar refractivity (Wildman–Crippen MR) is 75.4 cm³/mol. The largest absolute Gasteiger partial charge is 0.433 e. The van der Waals surface area contributed by atoms with Gasteiger partial charge < -0.3 is 9.62 Å². The summed E-state index contributed by atoms with van der Waals surface area (Å²) < 4.78 is 6.85. The van der Waals surface area contributed by atoms with Gasteiger partial charge in [0, 0.05) is 18.3 Å². The SMILES string of the molecule is CC(C)CCn1cc(C=NO)c(-c2ccc([N+](=O)[O-])o2)n1. The van der Waals surface area contributed by atoms with Crippen LogP contribution in [0.15, 0.2) is 27.9 Å². The maximum absolute atomic E-state index is 10.7. The maximum atomic E-state index is 10.7. The fourth-order valence-electron chi connectivity index (χ4n) is 1.84. The molecule has 0 atom stereocenters. The van der Waals surface area contributed by atoms with Gasteiger partial charge in [-0.3, -0.25) is 14.8 Å². The molecule has 0 aliphatic carbocycles. The van der Waals surface area contributed by atoms with Crippen molar-refractivity contribution in [2.45, 2.75) is 26.8 Å². The minimum Gasteiger partial charge on any atom is -0.411 e. The van der Waals surface area contributed by atoms with Gasteiger partial charge >= 0.3 is 5.88 Å². The molecule has 0 aliphatic rings. The summed E-state index contributed by atoms with van der Waals surface area (Å²) in [6.07, 6.45) is 3.88. The van der Waals surface area contributed by atoms with Gasteiger partial charge in [-0.1, -0.05) is 19.0 Å². The van der Waals surface area contributed by atoms with Gasteiger partial charge in [0.05, 0.1) is 12.3 Å². The van der Waals surface area contributed by atoms with Crippen LogP contribution < -0.4 is 0 Å². The normalized spacial score (nSPS) is 11.6. The van der Waals surface area contributed by atoms with Crippen LogP contribution >= 0.6 is 0 Å². The van der Waals surface area contributed by atoms with Gasteiger partial charge in [0.15, 0.2) is 5.76 Å². The monoisotopic (exact) mass is 292 g/mol. The highest BCUT2D eigenvalue weighted by atomic mass is 16.6. The fourth-order valence-corrected chi connectivity index (χ4v) is 1.84. The van der Waals surface area contributed by atoms with E-state index in [4.69, 9.17) is 9.62 Å². The second kappa shape index (κ2) is 6.21. The summed E-state index contributed by atoms with van der Waals surface area (Å²) in [7, 11) is 0. The summed E-state index contributed by atoms with van der Waals surface area (Å²) in [6, 6.07) is 2.74. The van der Waals surface area contributed by atoms with Crippen LogP contribution in [-0.2, 0) is 6.54 Å². The molecule has 2 rings (SSSR count). The first-order valence-electron chi connectivity index (χ1n) is 6.50. The van der Waals surface area contributed by atoms with Crippen molar-refractivity contribution in [2.75, 3.05) is 0 Å². The van der Waals surface area contributed by atoms with E-state index in [-0.39, 0.29) is 11.6 Å². The number of hydrogen-bond donors (Lipinski definition) is 1. The first kappa shape index (κ1) is 14.8. The van der Waals surface area contributed by atoms with Crippen LogP contribution in [-0.4, -0.2) is 26.1 Å². The Morgan fingerprint density at radius 2 is 2.33 bits per heavy atom. The van der Waals surface area contributed by atoms with E-state index in [1.54, 1.807) is 10.9 Å². The molecule has 0 fully saturated rings. The van der Waals surface area contributed by atoms with Gasteiger partial charge in [-0.05, 0) is 18.4 Å². The molecule has 0 bridgehead atoms. The number of hydrogen-bond acceptors (Lipinski definition) is 6. The number of aryl methyl sites for hydroxylation is 1. The predicted octanol–water partition coefficient (Wildman–Crippen LogP) is 2.91. The third kappa shape index (κ3) is 3.47. The summed E-state index contributed by atoms with van der Waals surface area (Å²) in [5.41, 5.74) is 0.940. The van der Waals surface area contributed by atoms with E-state index in [1.165, 1.54) is 18.3 Å². The summed E-state index contributed by atoms with van der Waals surface area (Å²) >= 11 is 0. The standard InChI is InChI=1S/C13H16N4O4/c1-9(2)5-6-16-8-10(7-14-18)13(15-16)11-3-4-12(21-11)17(19)20/h3-4,7-9,18H,5-6H2,1-2H3. The van der Waals surface area contributed by atoms with Crippen molar-refractivity contribution in [3.8, 4) is 11.5 Å². The van der Waals surface area contributed by atoms with Crippen LogP contribution in [0.25, 0.3) is 11.5 Å². The molecule has 0 aromatic carbocycles. The second-order valence-corrected chi connectivity index (χ2v) is 5.02. The van der Waals surface area contributed by atoms with Gasteiger partial charge in [0.25, 0.3) is 0 Å². The van der Waals surface area contributed by atoms with E-state index >= 15 is 0 Å². The molecule has 1 N–H and O–H groups in total. The molecule has 0 saturated heterocycles. The molecule has 8 heteroatoms. The Morgan fingerprint density at radius 1 is 1.57 bits per heavy atom. The second-order valence-electron chi connectivity index (χ2n) is 5.02. The van der Waals surface area contributed by atoms with E-state index in [0.717, 1.165) is 6.42 Å². The van der Waals surface area contributed by atoms with E-state index in [1.807, 2.05) is 0 Å². The Kier molecular flexibility index (Phi) is 4.36. The first-order valence-corrected chi connectivity index (χ1v) is 6.50. The Hall–Kier alpha value is -2.64. The molecule has 2 aromatic rings. The van der Waals surface area contributed by atoms with Crippen LogP contribution in [0.1, 0.15) is 25.8 Å². The fraction of sp³-hybridized carbons (Fsp3) is 0.385. The Labute approximate surface area is 120 Å². The van der Waals surface area contributed by atoms with Gasteiger partial charge in [-0.2, -0.15) is 5.10 Å². The average molecular weight is 292 g/mol. The molecule has 112 valence electrons. The maximum Gasteiger partial charge on any atom is 0.433 e. The molecule has 0 saturated carbocycles. The Balaban J connectivity index is 2.33. The third-order valence-electron chi connectivity index (χ3n) is 2.93. The summed E-state index contributed by atoms with van der Waals surface area (Å²) in [4.78, 5) is 10.0. The van der Waals surface area contributed by atoms with Gasteiger partial charge in [0.2, 0.25) is 0 Å². The van der Waals surface area contributed by atoms with Crippen LogP contribution in [0.3, 0.4) is 0 Å². The van der Waals surface area contributed by atoms with Crippen molar-refractivity contribution in [1.82, 2.24) is 9.78 Å². The molecule has 0 aliphatic heterocycles. The molecular weight excluding hydrogens is 276 g/mol. The lowest BCUT2D eigenvalue weighted by Crippen LogP contribution is -2.01. The lowest BCUT2D eigenvalue weighted by atomic mass is 10.1. The molecule has 8 nitrogen and oxygen atoms in total. The first-order chi connectivity index (χ1) is 10.0. The van der Waals surface area contributed by atoms with Crippen molar-refractivity contribution < 1.29 is 14.5 Å². The van der Waals surface area contributed by atoms with Crippen molar-refractivity contribution in [1.29, 1.82) is 0 Å². The van der Waals surface area contributed by atoms with Crippen LogP contribution in [0.2, 0.25) is 0 Å². The topological polar surface area (TPSA) is 107 Å². The van der Waals surface area contributed by atoms with E-state index in [0.29, 0.717) is 23.7 Å². The number of nitro groups is 1. The van der Waals surface area contributed by atoms with E-state index < -0.39 is 4.92 Å². The number of oxime groups is 1. The molecule has 2 aromatic heterocycles. The molecule has 21 heavy (non-hydrogen) atoms. The zero-order valence-corrected chi connectivity index (χ0v) is 11.8. The lowest BCUT2D eigenvalue weighted by Gasteiger charge is -2.03. The van der Waals surface area contributed by atoms with Crippen molar-refractivity contribution in [3.05, 3.63) is 34.0 Å². The molecular formula is C13H16N4O4. The zero-order chi connectivity index (χ0) is 15.4. The number of nitrogens with zero attached hydrogens (tertiary/aromatic N) is 4. The zero-order valence-electron chi connectivity index (χ0n) is 11.8. The van der Waals surface area contributed by atoms with Crippen LogP contribution in [0.5, 0.6) is 0 Å².